The maximum Gasteiger partial charge on any atom is 0.266 e. The smallest absolute Gasteiger partial charge is 0.266 e. The van der Waals surface area contributed by atoms with Gasteiger partial charge in [0.05, 0.1) is 10.7 Å². The average molecular weight is 443 g/mol. The number of anilines is 1. The average Bonchev–Trinajstić information content (AvgIpc) is 3.05. The number of nitrogen functional groups attached to an aromatic ring is 1. The monoisotopic (exact) mass is 442 g/mol. The number of hydrogen-bond donors (Lipinski definition) is 3. The number of halogens is 1. The van der Waals surface area contributed by atoms with Gasteiger partial charge in [-0.15, -0.1) is 0 Å². The lowest BCUT2D eigenvalue weighted by Crippen LogP contribution is -2.46. The lowest BCUT2D eigenvalue weighted by molar-refractivity contribution is -0.135. The quantitative estimate of drug-likeness (QED) is 0.327. The lowest BCUT2D eigenvalue weighted by atomic mass is 9.87. The van der Waals surface area contributed by atoms with Crippen LogP contribution in [0.2, 0.25) is 5.02 Å². The zero-order valence-electron chi connectivity index (χ0n) is 17.0. The van der Waals surface area contributed by atoms with Crippen LogP contribution >= 0.6 is 11.6 Å². The summed E-state index contributed by atoms with van der Waals surface area (Å²) >= 11 is 6.42. The first-order valence-electron chi connectivity index (χ1n) is 9.78. The van der Waals surface area contributed by atoms with Crippen molar-refractivity contribution < 1.29 is 19.1 Å². The molecule has 3 rings (SSSR count). The number of carbonyl (C=O) groups excluding carboxylic acids is 3. The van der Waals surface area contributed by atoms with Gasteiger partial charge in [-0.2, -0.15) is 0 Å². The lowest BCUT2D eigenvalue weighted by Gasteiger charge is -2.32. The number of ether oxygens (including phenoxy) is 1. The topological polar surface area (TPSA) is 140 Å². The number of nitrogens with two attached hydrogens (primary N) is 2. The van der Waals surface area contributed by atoms with Crippen molar-refractivity contribution in [2.45, 2.75) is 38.2 Å². The summed E-state index contributed by atoms with van der Waals surface area (Å²) < 4.78 is 6.11. The molecule has 0 bridgehead atoms. The van der Waals surface area contributed by atoms with Crippen LogP contribution in [0.15, 0.2) is 42.5 Å². The minimum Gasteiger partial charge on any atom is -0.473 e. The number of nitrogens with one attached hydrogen (secondary N) is 1. The molecule has 1 heterocycles. The summed E-state index contributed by atoms with van der Waals surface area (Å²) in [6, 6.07) is 11.1. The zero-order valence-corrected chi connectivity index (χ0v) is 17.7. The van der Waals surface area contributed by atoms with Crippen LogP contribution in [-0.4, -0.2) is 23.6 Å². The van der Waals surface area contributed by atoms with E-state index in [2.05, 4.69) is 0 Å². The first-order chi connectivity index (χ1) is 14.7. The van der Waals surface area contributed by atoms with E-state index < -0.39 is 11.5 Å². The summed E-state index contributed by atoms with van der Waals surface area (Å²) in [4.78, 5) is 37.9. The summed E-state index contributed by atoms with van der Waals surface area (Å²) in [6.45, 7) is 1.88. The molecule has 0 saturated carbocycles. The van der Waals surface area contributed by atoms with Gasteiger partial charge in [-0.3, -0.25) is 19.8 Å². The minimum absolute atomic E-state index is 0.129. The molecule has 2 aromatic carbocycles. The van der Waals surface area contributed by atoms with E-state index in [0.29, 0.717) is 23.3 Å². The Labute approximate surface area is 184 Å². The molecule has 31 heavy (non-hydrogen) atoms. The second-order valence-electron chi connectivity index (χ2n) is 7.27. The predicted molar refractivity (Wildman–Crippen MR) is 117 cm³/mol. The SMILES string of the molecule is CCCC(Oc1cccc(C(=N)N)c1)(C(N)=O)c1ccc(N2C(=O)CCC2=O)c(Cl)c1. The van der Waals surface area contributed by atoms with Crippen LogP contribution in [0.1, 0.15) is 43.7 Å². The molecule has 0 aromatic heterocycles. The van der Waals surface area contributed by atoms with Gasteiger partial charge in [0.15, 0.2) is 0 Å². The number of hydrogen-bond acceptors (Lipinski definition) is 5. The van der Waals surface area contributed by atoms with Gasteiger partial charge in [-0.25, -0.2) is 4.90 Å². The van der Waals surface area contributed by atoms with E-state index >= 15 is 0 Å². The van der Waals surface area contributed by atoms with Gasteiger partial charge in [-0.05, 0) is 24.3 Å². The predicted octanol–water partition coefficient (Wildman–Crippen LogP) is 2.84. The molecule has 5 N–H and O–H groups in total. The molecule has 3 amide bonds. The molecule has 1 fully saturated rings. The van der Waals surface area contributed by atoms with Crippen molar-refractivity contribution >= 4 is 40.8 Å². The van der Waals surface area contributed by atoms with Crippen LogP contribution in [0.25, 0.3) is 0 Å². The van der Waals surface area contributed by atoms with Gasteiger partial charge in [-0.1, -0.05) is 43.1 Å². The van der Waals surface area contributed by atoms with E-state index in [1.54, 1.807) is 30.3 Å². The molecule has 1 aliphatic heterocycles. The number of nitrogens with zero attached hydrogens (tertiary/aromatic N) is 1. The maximum absolute atomic E-state index is 12.7. The second kappa shape index (κ2) is 8.77. The van der Waals surface area contributed by atoms with Crippen LogP contribution in [0, 0.1) is 5.41 Å². The highest BCUT2D eigenvalue weighted by atomic mass is 35.5. The third kappa shape index (κ3) is 4.25. The maximum atomic E-state index is 12.7. The molecular weight excluding hydrogens is 420 g/mol. The number of amides is 3. The Hall–Kier alpha value is -3.39. The number of rotatable bonds is 8. The van der Waals surface area contributed by atoms with Crippen molar-refractivity contribution in [1.29, 1.82) is 5.41 Å². The Morgan fingerprint density at radius 2 is 1.84 bits per heavy atom. The van der Waals surface area contributed by atoms with E-state index in [0.717, 1.165) is 4.90 Å². The molecule has 1 unspecified atom stereocenters. The molecular formula is C22H23ClN4O4. The number of carbonyl (C=O) groups is 3. The van der Waals surface area contributed by atoms with Crippen LogP contribution in [0.4, 0.5) is 5.69 Å². The summed E-state index contributed by atoms with van der Waals surface area (Å²) in [7, 11) is 0. The highest BCUT2D eigenvalue weighted by Crippen LogP contribution is 2.38. The molecule has 1 saturated heterocycles. The number of benzene rings is 2. The van der Waals surface area contributed by atoms with Crippen LogP contribution in [0.3, 0.4) is 0 Å². The third-order valence-corrected chi connectivity index (χ3v) is 5.45. The number of amidine groups is 1. The Morgan fingerprint density at radius 3 is 2.39 bits per heavy atom. The molecule has 0 spiro atoms. The van der Waals surface area contributed by atoms with Gasteiger partial charge in [0.25, 0.3) is 5.91 Å². The van der Waals surface area contributed by atoms with Crippen LogP contribution in [0.5, 0.6) is 5.75 Å². The molecule has 162 valence electrons. The number of imide groups is 1. The molecule has 2 aromatic rings. The Morgan fingerprint density at radius 1 is 1.16 bits per heavy atom. The third-order valence-electron chi connectivity index (χ3n) is 5.14. The summed E-state index contributed by atoms with van der Waals surface area (Å²) in [6.07, 6.45) is 1.09. The first kappa shape index (κ1) is 22.3. The summed E-state index contributed by atoms with van der Waals surface area (Å²) in [5, 5.41) is 7.74. The van der Waals surface area contributed by atoms with Crippen molar-refractivity contribution in [3.05, 3.63) is 58.6 Å². The second-order valence-corrected chi connectivity index (χ2v) is 7.68. The van der Waals surface area contributed by atoms with E-state index in [9.17, 15) is 14.4 Å². The zero-order chi connectivity index (χ0) is 22.8. The van der Waals surface area contributed by atoms with E-state index in [1.807, 2.05) is 6.92 Å². The van der Waals surface area contributed by atoms with Crippen molar-refractivity contribution in [3.8, 4) is 5.75 Å². The number of primary amides is 1. The van der Waals surface area contributed by atoms with Crippen molar-refractivity contribution in [2.75, 3.05) is 4.90 Å². The van der Waals surface area contributed by atoms with Crippen molar-refractivity contribution in [1.82, 2.24) is 0 Å². The normalized spacial score (nSPS) is 15.6. The van der Waals surface area contributed by atoms with E-state index in [-0.39, 0.29) is 47.6 Å². The largest absolute Gasteiger partial charge is 0.473 e. The van der Waals surface area contributed by atoms with Gasteiger partial charge < -0.3 is 16.2 Å². The van der Waals surface area contributed by atoms with Gasteiger partial charge in [0.1, 0.15) is 11.6 Å². The molecule has 1 atom stereocenters. The Balaban J connectivity index is 2.06. The Kier molecular flexibility index (Phi) is 6.31. The van der Waals surface area contributed by atoms with Crippen LogP contribution < -0.4 is 21.1 Å². The fourth-order valence-corrected chi connectivity index (χ4v) is 3.90. The highest BCUT2D eigenvalue weighted by molar-refractivity contribution is 6.35. The fourth-order valence-electron chi connectivity index (χ4n) is 3.64. The van der Waals surface area contributed by atoms with E-state index in [4.69, 9.17) is 33.2 Å². The standard InChI is InChI=1S/C22H23ClN4O4/c1-2-10-22(21(26)30,31-15-5-3-4-13(11-15)20(24)25)14-6-7-17(16(23)12-14)27-18(28)8-9-19(27)29/h3-7,11-12H,2,8-10H2,1H3,(H3,24,25)(H2,26,30). The molecule has 1 aliphatic rings. The molecule has 0 aliphatic carbocycles. The molecule has 0 radical (unpaired) electrons. The Bertz CT molecular complexity index is 1060. The molecule has 9 heteroatoms. The van der Waals surface area contributed by atoms with Gasteiger partial charge >= 0.3 is 0 Å². The molecule has 8 nitrogen and oxygen atoms in total. The van der Waals surface area contributed by atoms with Crippen molar-refractivity contribution in [2.24, 2.45) is 11.5 Å². The van der Waals surface area contributed by atoms with Gasteiger partial charge in [0.2, 0.25) is 17.4 Å². The summed E-state index contributed by atoms with van der Waals surface area (Å²) in [5.74, 6) is -1.21. The minimum atomic E-state index is -1.55. The fraction of sp³-hybridized carbons (Fsp3) is 0.273. The van der Waals surface area contributed by atoms with Crippen molar-refractivity contribution in [3.63, 3.8) is 0 Å². The van der Waals surface area contributed by atoms with Gasteiger partial charge in [0, 0.05) is 30.4 Å². The first-order valence-corrected chi connectivity index (χ1v) is 10.2. The highest BCUT2D eigenvalue weighted by Gasteiger charge is 2.41. The van der Waals surface area contributed by atoms with Crippen LogP contribution in [-0.2, 0) is 20.0 Å². The summed E-state index contributed by atoms with van der Waals surface area (Å²) in [5.41, 5.74) is 10.9. The van der Waals surface area contributed by atoms with E-state index in [1.165, 1.54) is 12.1 Å².